The Balaban J connectivity index is 1.38. The van der Waals surface area contributed by atoms with Crippen molar-refractivity contribution in [2.45, 2.75) is 26.7 Å². The van der Waals surface area contributed by atoms with Gasteiger partial charge in [-0.25, -0.2) is 0 Å². The van der Waals surface area contributed by atoms with Crippen LogP contribution >= 0.6 is 11.3 Å². The maximum Gasteiger partial charge on any atom is 0.266 e. The first-order valence-electron chi connectivity index (χ1n) is 9.55. The van der Waals surface area contributed by atoms with Crippen LogP contribution in [0, 0.1) is 19.8 Å². The molecule has 1 aliphatic carbocycles. The number of ether oxygens (including phenoxy) is 1. The number of rotatable bonds is 6. The predicted octanol–water partition coefficient (Wildman–Crippen LogP) is 5.76. The van der Waals surface area contributed by atoms with Gasteiger partial charge in [0.1, 0.15) is 11.5 Å². The van der Waals surface area contributed by atoms with Crippen LogP contribution in [0.4, 0.5) is 10.7 Å². The number of hydrogen-bond donors (Lipinski definition) is 2. The molecule has 29 heavy (non-hydrogen) atoms. The van der Waals surface area contributed by atoms with Crippen LogP contribution in [0.2, 0.25) is 0 Å². The first-order chi connectivity index (χ1) is 14.0. The summed E-state index contributed by atoms with van der Waals surface area (Å²) in [7, 11) is 0. The van der Waals surface area contributed by atoms with E-state index in [1.54, 1.807) is 12.1 Å². The third-order valence-corrected chi connectivity index (χ3v) is 5.84. The molecule has 2 amide bonds. The van der Waals surface area contributed by atoms with E-state index < -0.39 is 0 Å². The van der Waals surface area contributed by atoms with Gasteiger partial charge >= 0.3 is 0 Å². The Morgan fingerprint density at radius 1 is 0.931 bits per heavy atom. The van der Waals surface area contributed by atoms with Gasteiger partial charge in [0.2, 0.25) is 5.91 Å². The fourth-order valence-corrected chi connectivity index (χ4v) is 3.85. The van der Waals surface area contributed by atoms with Crippen LogP contribution in [0.1, 0.15) is 33.6 Å². The summed E-state index contributed by atoms with van der Waals surface area (Å²) in [4.78, 5) is 25.2. The van der Waals surface area contributed by atoms with Crippen molar-refractivity contribution in [2.24, 2.45) is 5.92 Å². The lowest BCUT2D eigenvalue weighted by Crippen LogP contribution is -2.12. The minimum Gasteiger partial charge on any atom is -0.457 e. The SMILES string of the molecule is Cc1ccc(Oc2ccc(NC(=O)c3sc(NC(=O)C4CC4)cc3C)cc2)cc1. The average molecular weight is 407 g/mol. The largest absolute Gasteiger partial charge is 0.457 e. The number of amides is 2. The molecule has 0 bridgehead atoms. The van der Waals surface area contributed by atoms with Crippen LogP contribution < -0.4 is 15.4 Å². The first-order valence-corrected chi connectivity index (χ1v) is 10.4. The lowest BCUT2D eigenvalue weighted by Gasteiger charge is -2.08. The summed E-state index contributed by atoms with van der Waals surface area (Å²) in [5.74, 6) is 1.45. The minimum absolute atomic E-state index is 0.0439. The fraction of sp³-hybridized carbons (Fsp3) is 0.217. The Hall–Kier alpha value is -3.12. The lowest BCUT2D eigenvalue weighted by molar-refractivity contribution is -0.117. The number of aryl methyl sites for hydroxylation is 2. The molecule has 0 spiro atoms. The molecule has 0 radical (unpaired) electrons. The maximum absolute atomic E-state index is 12.6. The fourth-order valence-electron chi connectivity index (χ4n) is 2.87. The van der Waals surface area contributed by atoms with E-state index in [-0.39, 0.29) is 17.7 Å². The molecule has 1 aliphatic rings. The molecular weight excluding hydrogens is 384 g/mol. The Kier molecular flexibility index (Phi) is 5.36. The van der Waals surface area contributed by atoms with Crippen molar-refractivity contribution < 1.29 is 14.3 Å². The summed E-state index contributed by atoms with van der Waals surface area (Å²) in [5.41, 5.74) is 2.70. The van der Waals surface area contributed by atoms with Gasteiger partial charge in [0.25, 0.3) is 5.91 Å². The highest BCUT2D eigenvalue weighted by Gasteiger charge is 2.30. The second-order valence-corrected chi connectivity index (χ2v) is 8.33. The molecule has 6 heteroatoms. The summed E-state index contributed by atoms with van der Waals surface area (Å²) in [6.07, 6.45) is 1.90. The average Bonchev–Trinajstić information content (AvgIpc) is 3.49. The normalized spacial score (nSPS) is 13.0. The minimum atomic E-state index is -0.188. The summed E-state index contributed by atoms with van der Waals surface area (Å²) < 4.78 is 5.81. The monoisotopic (exact) mass is 406 g/mol. The molecule has 0 saturated heterocycles. The van der Waals surface area contributed by atoms with Gasteiger partial charge in [0.15, 0.2) is 0 Å². The molecule has 4 rings (SSSR count). The van der Waals surface area contributed by atoms with Crippen molar-refractivity contribution >= 4 is 33.8 Å². The Labute approximate surface area is 173 Å². The van der Waals surface area contributed by atoms with Crippen molar-refractivity contribution in [1.82, 2.24) is 0 Å². The van der Waals surface area contributed by atoms with Crippen LogP contribution in [0.15, 0.2) is 54.6 Å². The molecule has 1 saturated carbocycles. The lowest BCUT2D eigenvalue weighted by atomic mass is 10.2. The number of anilines is 2. The second-order valence-electron chi connectivity index (χ2n) is 7.28. The number of hydrogen-bond acceptors (Lipinski definition) is 4. The van der Waals surface area contributed by atoms with Gasteiger partial charge in [-0.15, -0.1) is 11.3 Å². The van der Waals surface area contributed by atoms with E-state index in [2.05, 4.69) is 10.6 Å². The van der Waals surface area contributed by atoms with E-state index in [9.17, 15) is 9.59 Å². The van der Waals surface area contributed by atoms with Gasteiger partial charge in [-0.3, -0.25) is 9.59 Å². The molecular formula is C23H22N2O3S. The number of nitrogens with one attached hydrogen (secondary N) is 2. The Morgan fingerprint density at radius 3 is 2.17 bits per heavy atom. The second kappa shape index (κ2) is 8.09. The van der Waals surface area contributed by atoms with Crippen LogP contribution in [-0.2, 0) is 4.79 Å². The quantitative estimate of drug-likeness (QED) is 0.547. The highest BCUT2D eigenvalue weighted by molar-refractivity contribution is 7.18. The highest BCUT2D eigenvalue weighted by atomic mass is 32.1. The van der Waals surface area contributed by atoms with E-state index >= 15 is 0 Å². The molecule has 1 heterocycles. The van der Waals surface area contributed by atoms with Crippen LogP contribution in [0.25, 0.3) is 0 Å². The van der Waals surface area contributed by atoms with Crippen molar-refractivity contribution in [3.63, 3.8) is 0 Å². The van der Waals surface area contributed by atoms with Gasteiger partial charge in [-0.1, -0.05) is 17.7 Å². The van der Waals surface area contributed by atoms with Crippen molar-refractivity contribution in [1.29, 1.82) is 0 Å². The molecule has 2 aromatic carbocycles. The summed E-state index contributed by atoms with van der Waals surface area (Å²) in [6.45, 7) is 3.90. The third-order valence-electron chi connectivity index (χ3n) is 4.69. The van der Waals surface area contributed by atoms with Gasteiger partial charge in [-0.2, -0.15) is 0 Å². The topological polar surface area (TPSA) is 67.4 Å². The Morgan fingerprint density at radius 2 is 1.55 bits per heavy atom. The maximum atomic E-state index is 12.6. The third kappa shape index (κ3) is 4.84. The van der Waals surface area contributed by atoms with E-state index in [0.29, 0.717) is 21.3 Å². The Bertz CT molecular complexity index is 1030. The summed E-state index contributed by atoms with van der Waals surface area (Å²) in [5, 5.41) is 6.52. The van der Waals surface area contributed by atoms with Crippen molar-refractivity contribution in [2.75, 3.05) is 10.6 Å². The standard InChI is InChI=1S/C23H22N2O3S/c1-14-3-9-18(10-4-14)28-19-11-7-17(8-12-19)24-23(27)21-15(2)13-20(29-21)25-22(26)16-5-6-16/h3-4,7-13,16H,5-6H2,1-2H3,(H,24,27)(H,25,26). The molecule has 5 nitrogen and oxygen atoms in total. The van der Waals surface area contributed by atoms with Crippen LogP contribution in [0.3, 0.4) is 0 Å². The highest BCUT2D eigenvalue weighted by Crippen LogP contribution is 2.33. The van der Waals surface area contributed by atoms with E-state index in [1.807, 2.05) is 56.3 Å². The summed E-state index contributed by atoms with van der Waals surface area (Å²) >= 11 is 1.30. The van der Waals surface area contributed by atoms with Crippen molar-refractivity contribution in [3.05, 3.63) is 70.6 Å². The van der Waals surface area contributed by atoms with Crippen LogP contribution in [0.5, 0.6) is 11.5 Å². The summed E-state index contributed by atoms with van der Waals surface area (Å²) in [6, 6.07) is 16.9. The molecule has 2 N–H and O–H groups in total. The smallest absolute Gasteiger partial charge is 0.266 e. The van der Waals surface area contributed by atoms with Gasteiger partial charge in [0, 0.05) is 11.6 Å². The van der Waals surface area contributed by atoms with Gasteiger partial charge in [-0.05, 0) is 74.7 Å². The number of thiophene rings is 1. The molecule has 0 unspecified atom stereocenters. The molecule has 3 aromatic rings. The number of carbonyl (C=O) groups excluding carboxylic acids is 2. The zero-order valence-electron chi connectivity index (χ0n) is 16.3. The number of benzene rings is 2. The molecule has 0 atom stereocenters. The van der Waals surface area contributed by atoms with Gasteiger partial charge in [0.05, 0.1) is 9.88 Å². The van der Waals surface area contributed by atoms with E-state index in [1.165, 1.54) is 16.9 Å². The number of carbonyl (C=O) groups is 2. The zero-order chi connectivity index (χ0) is 20.4. The molecule has 1 aromatic heterocycles. The van der Waals surface area contributed by atoms with E-state index in [4.69, 9.17) is 4.74 Å². The molecule has 0 aliphatic heterocycles. The van der Waals surface area contributed by atoms with E-state index in [0.717, 1.165) is 24.2 Å². The molecule has 148 valence electrons. The zero-order valence-corrected chi connectivity index (χ0v) is 17.1. The van der Waals surface area contributed by atoms with Crippen molar-refractivity contribution in [3.8, 4) is 11.5 Å². The predicted molar refractivity (Wildman–Crippen MR) is 116 cm³/mol. The van der Waals surface area contributed by atoms with Crippen LogP contribution in [-0.4, -0.2) is 11.8 Å². The van der Waals surface area contributed by atoms with Gasteiger partial charge < -0.3 is 15.4 Å². The molecule has 1 fully saturated rings. The first kappa shape index (κ1) is 19.2.